The van der Waals surface area contributed by atoms with Gasteiger partial charge in [-0.15, -0.1) is 0 Å². The maximum atomic E-state index is 12.3. The van der Waals surface area contributed by atoms with Gasteiger partial charge in [0.25, 0.3) is 0 Å². The van der Waals surface area contributed by atoms with E-state index in [1.807, 2.05) is 13.0 Å². The highest BCUT2D eigenvalue weighted by Crippen LogP contribution is 2.30. The van der Waals surface area contributed by atoms with Crippen LogP contribution in [0.4, 0.5) is 0 Å². The summed E-state index contributed by atoms with van der Waals surface area (Å²) in [6.07, 6.45) is 1.60. The summed E-state index contributed by atoms with van der Waals surface area (Å²) in [6, 6.07) is -0.0870. The zero-order valence-corrected chi connectivity index (χ0v) is 13.5. The van der Waals surface area contributed by atoms with E-state index in [2.05, 4.69) is 4.90 Å². The van der Waals surface area contributed by atoms with Crippen LogP contribution in [0.25, 0.3) is 0 Å². The predicted octanol–water partition coefficient (Wildman–Crippen LogP) is 0.0628. The monoisotopic (exact) mass is 313 g/mol. The van der Waals surface area contributed by atoms with Crippen molar-refractivity contribution in [2.24, 2.45) is 5.92 Å². The Bertz CT molecular complexity index is 450. The molecule has 0 aromatic heterocycles. The number of carbonyl (C=O) groups is 1. The van der Waals surface area contributed by atoms with Crippen LogP contribution in [0.3, 0.4) is 0 Å². The van der Waals surface area contributed by atoms with E-state index in [0.29, 0.717) is 6.42 Å². The normalized spacial score (nSPS) is 30.4. The minimum absolute atomic E-state index is 0.0442. The highest BCUT2D eigenvalue weighted by atomic mass is 16.6. The molecule has 0 aromatic carbocycles. The Labute approximate surface area is 131 Å². The second kappa shape index (κ2) is 6.66. The number of hydrogen-bond donors (Lipinski definition) is 3. The van der Waals surface area contributed by atoms with Crippen LogP contribution in [0.1, 0.15) is 33.6 Å². The summed E-state index contributed by atoms with van der Waals surface area (Å²) in [5.74, 6) is -1.21. The Morgan fingerprint density at radius 1 is 1.55 bits per heavy atom. The van der Waals surface area contributed by atoms with Crippen LogP contribution in [0.2, 0.25) is 0 Å². The van der Waals surface area contributed by atoms with Crippen molar-refractivity contribution in [1.82, 2.24) is 4.90 Å². The fraction of sp³-hybridized carbons (Fsp3) is 0.812. The molecule has 2 heterocycles. The molecule has 0 radical (unpaired) electrons. The molecule has 126 valence electrons. The number of nitrogens with zero attached hydrogens (tertiary/aromatic N) is 1. The van der Waals surface area contributed by atoms with E-state index in [-0.39, 0.29) is 12.6 Å². The van der Waals surface area contributed by atoms with Gasteiger partial charge in [-0.1, -0.05) is 26.3 Å². The highest BCUT2D eigenvalue weighted by molar-refractivity contribution is 5.80. The molecule has 5 unspecified atom stereocenters. The molecule has 22 heavy (non-hydrogen) atoms. The molecule has 2 aliphatic rings. The summed E-state index contributed by atoms with van der Waals surface area (Å²) in [4.78, 5) is 14.4. The summed E-state index contributed by atoms with van der Waals surface area (Å²) < 4.78 is 5.28. The molecule has 1 fully saturated rings. The van der Waals surface area contributed by atoms with Crippen LogP contribution in [-0.2, 0) is 9.53 Å². The maximum absolute atomic E-state index is 12.3. The van der Waals surface area contributed by atoms with Crippen molar-refractivity contribution in [2.75, 3.05) is 19.7 Å². The average Bonchev–Trinajstić information content (AvgIpc) is 3.06. The lowest BCUT2D eigenvalue weighted by molar-refractivity contribution is -0.185. The zero-order chi connectivity index (χ0) is 16.5. The lowest BCUT2D eigenvalue weighted by atomic mass is 9.82. The molecule has 0 saturated carbocycles. The van der Waals surface area contributed by atoms with Gasteiger partial charge in [-0.25, -0.2) is 4.79 Å². The first kappa shape index (κ1) is 17.4. The molecule has 2 aliphatic heterocycles. The quantitative estimate of drug-likeness (QED) is 0.475. The van der Waals surface area contributed by atoms with Crippen molar-refractivity contribution in [3.63, 3.8) is 0 Å². The first-order valence-corrected chi connectivity index (χ1v) is 8.01. The van der Waals surface area contributed by atoms with E-state index < -0.39 is 29.7 Å². The Morgan fingerprint density at radius 3 is 2.82 bits per heavy atom. The standard InChI is InChI=1S/C16H27NO5/c1-4-10(2)16(21,11(3)18)15(20)22-9-12-5-7-17-8-6-13(19)14(12)17/h5,10-11,13-14,18-19,21H,4,6-9H2,1-3H3. The van der Waals surface area contributed by atoms with Gasteiger partial charge in [0, 0.05) is 13.1 Å². The van der Waals surface area contributed by atoms with Gasteiger partial charge in [0.1, 0.15) is 6.61 Å². The van der Waals surface area contributed by atoms with E-state index in [9.17, 15) is 20.1 Å². The van der Waals surface area contributed by atoms with Gasteiger partial charge in [0.2, 0.25) is 0 Å². The van der Waals surface area contributed by atoms with Crippen LogP contribution in [0.5, 0.6) is 0 Å². The molecule has 0 amide bonds. The first-order valence-electron chi connectivity index (χ1n) is 8.01. The highest BCUT2D eigenvalue weighted by Gasteiger charge is 2.47. The van der Waals surface area contributed by atoms with Gasteiger partial charge in [-0.05, 0) is 24.8 Å². The molecule has 6 heteroatoms. The summed E-state index contributed by atoms with van der Waals surface area (Å²) in [7, 11) is 0. The molecule has 0 bridgehead atoms. The molecule has 0 aliphatic carbocycles. The molecule has 3 N–H and O–H groups in total. The fourth-order valence-corrected chi connectivity index (χ4v) is 3.38. The zero-order valence-electron chi connectivity index (χ0n) is 13.5. The number of rotatable bonds is 6. The van der Waals surface area contributed by atoms with E-state index in [1.54, 1.807) is 6.92 Å². The molecular formula is C16H27NO5. The van der Waals surface area contributed by atoms with Crippen LogP contribution in [0, 0.1) is 5.92 Å². The second-order valence-corrected chi connectivity index (χ2v) is 6.46. The molecule has 0 aromatic rings. The number of esters is 1. The topological polar surface area (TPSA) is 90.2 Å². The second-order valence-electron chi connectivity index (χ2n) is 6.46. The van der Waals surface area contributed by atoms with Crippen LogP contribution in [0.15, 0.2) is 11.6 Å². The lowest BCUT2D eigenvalue weighted by Gasteiger charge is -2.34. The van der Waals surface area contributed by atoms with Crippen molar-refractivity contribution in [1.29, 1.82) is 0 Å². The van der Waals surface area contributed by atoms with Gasteiger partial charge < -0.3 is 20.1 Å². The summed E-state index contributed by atoms with van der Waals surface area (Å²) >= 11 is 0. The summed E-state index contributed by atoms with van der Waals surface area (Å²) in [5.41, 5.74) is -1.03. The summed E-state index contributed by atoms with van der Waals surface area (Å²) in [5, 5.41) is 30.3. The molecule has 5 atom stereocenters. The smallest absolute Gasteiger partial charge is 0.341 e. The minimum Gasteiger partial charge on any atom is -0.459 e. The summed E-state index contributed by atoms with van der Waals surface area (Å²) in [6.45, 7) is 6.58. The molecule has 2 rings (SSSR count). The van der Waals surface area contributed by atoms with Crippen molar-refractivity contribution in [3.8, 4) is 0 Å². The third-order valence-electron chi connectivity index (χ3n) is 5.14. The van der Waals surface area contributed by atoms with Crippen LogP contribution in [-0.4, -0.2) is 69.7 Å². The van der Waals surface area contributed by atoms with E-state index in [1.165, 1.54) is 6.92 Å². The van der Waals surface area contributed by atoms with Crippen LogP contribution < -0.4 is 0 Å². The van der Waals surface area contributed by atoms with Gasteiger partial charge in [-0.2, -0.15) is 0 Å². The van der Waals surface area contributed by atoms with Crippen molar-refractivity contribution in [3.05, 3.63) is 11.6 Å². The largest absolute Gasteiger partial charge is 0.459 e. The molecule has 0 spiro atoms. The van der Waals surface area contributed by atoms with E-state index >= 15 is 0 Å². The van der Waals surface area contributed by atoms with E-state index in [0.717, 1.165) is 25.1 Å². The number of hydrogen-bond acceptors (Lipinski definition) is 6. The first-order chi connectivity index (χ1) is 10.3. The SMILES string of the molecule is CCC(C)C(O)(C(=O)OCC1=CCN2CCC(O)C12)C(C)O. The van der Waals surface area contributed by atoms with Gasteiger partial charge >= 0.3 is 5.97 Å². The predicted molar refractivity (Wildman–Crippen MR) is 81.1 cm³/mol. The third kappa shape index (κ3) is 2.93. The number of fused-ring (bicyclic) bond motifs is 1. The molecule has 6 nitrogen and oxygen atoms in total. The Hall–Kier alpha value is -0.950. The minimum atomic E-state index is -1.90. The third-order valence-corrected chi connectivity index (χ3v) is 5.14. The Morgan fingerprint density at radius 2 is 2.23 bits per heavy atom. The van der Waals surface area contributed by atoms with Gasteiger partial charge in [0.05, 0.1) is 18.2 Å². The fourth-order valence-electron chi connectivity index (χ4n) is 3.38. The average molecular weight is 313 g/mol. The van der Waals surface area contributed by atoms with E-state index in [4.69, 9.17) is 4.74 Å². The van der Waals surface area contributed by atoms with Crippen molar-refractivity contribution < 1.29 is 24.9 Å². The lowest BCUT2D eigenvalue weighted by Crippen LogP contribution is -2.54. The number of ether oxygens (including phenoxy) is 1. The van der Waals surface area contributed by atoms with Gasteiger partial charge in [0.15, 0.2) is 5.60 Å². The van der Waals surface area contributed by atoms with Crippen molar-refractivity contribution in [2.45, 2.75) is 57.5 Å². The number of aliphatic hydroxyl groups excluding tert-OH is 2. The molecular weight excluding hydrogens is 286 g/mol. The van der Waals surface area contributed by atoms with Crippen molar-refractivity contribution >= 4 is 5.97 Å². The Kier molecular flexibility index (Phi) is 5.27. The van der Waals surface area contributed by atoms with Crippen LogP contribution >= 0.6 is 0 Å². The maximum Gasteiger partial charge on any atom is 0.341 e. The van der Waals surface area contributed by atoms with Gasteiger partial charge in [-0.3, -0.25) is 4.90 Å². The number of aliphatic hydroxyl groups is 3. The number of carbonyl (C=O) groups excluding carboxylic acids is 1. The molecule has 1 saturated heterocycles. The Balaban J connectivity index is 2.00.